The van der Waals surface area contributed by atoms with E-state index >= 15 is 0 Å². The third-order valence-electron chi connectivity index (χ3n) is 4.87. The zero-order valence-electron chi connectivity index (χ0n) is 15.1. The van der Waals surface area contributed by atoms with Crippen LogP contribution in [0.2, 0.25) is 0 Å². The first-order valence-electron chi connectivity index (χ1n) is 9.20. The van der Waals surface area contributed by atoms with Crippen molar-refractivity contribution in [2.24, 2.45) is 0 Å². The number of carbonyl (C=O) groups excluding carboxylic acids is 1. The molecule has 28 heavy (non-hydrogen) atoms. The van der Waals surface area contributed by atoms with Crippen LogP contribution in [-0.2, 0) is 13.0 Å². The molecule has 146 valence electrons. The maximum absolute atomic E-state index is 13.3. The highest BCUT2D eigenvalue weighted by atomic mass is 79.9. The van der Waals surface area contributed by atoms with E-state index in [0.717, 1.165) is 64.3 Å². The number of benzene rings is 2. The molecule has 0 unspecified atom stereocenters. The zero-order chi connectivity index (χ0) is 19.7. The number of fused-ring (bicyclic) bond motifs is 3. The van der Waals surface area contributed by atoms with Crippen LogP contribution in [0.3, 0.4) is 0 Å². The Balaban J connectivity index is 1.56. The summed E-state index contributed by atoms with van der Waals surface area (Å²) in [4.78, 5) is 13.2. The highest BCUT2D eigenvalue weighted by molar-refractivity contribution is 9.10. The molecule has 1 aliphatic rings. The second-order valence-electron chi connectivity index (χ2n) is 6.80. The SMILES string of the molecule is O=C1NCCCc2c1c1cc(Br)ccc1n2CCCSc1cc(F)cc(F)c1. The van der Waals surface area contributed by atoms with Crippen LogP contribution in [0, 0.1) is 11.6 Å². The summed E-state index contributed by atoms with van der Waals surface area (Å²) in [5, 5.41) is 3.94. The molecular formula is C21H19BrF2N2OS. The zero-order valence-corrected chi connectivity index (χ0v) is 17.5. The molecule has 7 heteroatoms. The van der Waals surface area contributed by atoms with Gasteiger partial charge in [-0.2, -0.15) is 0 Å². The van der Waals surface area contributed by atoms with Crippen LogP contribution < -0.4 is 5.32 Å². The summed E-state index contributed by atoms with van der Waals surface area (Å²) in [5.41, 5.74) is 2.89. The van der Waals surface area contributed by atoms with Crippen molar-refractivity contribution < 1.29 is 13.6 Å². The number of nitrogens with one attached hydrogen (secondary N) is 1. The van der Waals surface area contributed by atoms with Crippen molar-refractivity contribution in [3.63, 3.8) is 0 Å². The van der Waals surface area contributed by atoms with E-state index in [1.807, 2.05) is 18.2 Å². The summed E-state index contributed by atoms with van der Waals surface area (Å²) in [6.07, 6.45) is 2.59. The molecule has 0 aliphatic carbocycles. The number of amides is 1. The summed E-state index contributed by atoms with van der Waals surface area (Å²) in [5.74, 6) is -0.388. The molecule has 1 aromatic heterocycles. The minimum atomic E-state index is -0.555. The van der Waals surface area contributed by atoms with Gasteiger partial charge in [0, 0.05) is 45.1 Å². The summed E-state index contributed by atoms with van der Waals surface area (Å²) in [6, 6.07) is 9.62. The van der Waals surface area contributed by atoms with Crippen molar-refractivity contribution in [1.29, 1.82) is 0 Å². The van der Waals surface area contributed by atoms with Gasteiger partial charge in [-0.15, -0.1) is 11.8 Å². The molecule has 0 saturated heterocycles. The molecule has 4 rings (SSSR count). The minimum absolute atomic E-state index is 0.0149. The Labute approximate surface area is 174 Å². The summed E-state index contributed by atoms with van der Waals surface area (Å²) in [7, 11) is 0. The van der Waals surface area contributed by atoms with Crippen LogP contribution in [0.4, 0.5) is 8.78 Å². The molecular weight excluding hydrogens is 446 g/mol. The fraction of sp³-hybridized carbons (Fsp3) is 0.286. The van der Waals surface area contributed by atoms with Crippen molar-refractivity contribution in [1.82, 2.24) is 9.88 Å². The average molecular weight is 465 g/mol. The molecule has 0 radical (unpaired) electrons. The molecule has 0 spiro atoms. The van der Waals surface area contributed by atoms with E-state index in [1.54, 1.807) is 0 Å². The third kappa shape index (κ3) is 3.96. The molecule has 2 aromatic carbocycles. The van der Waals surface area contributed by atoms with Gasteiger partial charge in [0.1, 0.15) is 11.6 Å². The predicted octanol–water partition coefficient (Wildman–Crippen LogP) is 5.54. The van der Waals surface area contributed by atoms with Crippen molar-refractivity contribution in [3.05, 3.63) is 63.8 Å². The van der Waals surface area contributed by atoms with Crippen LogP contribution in [0.1, 0.15) is 28.9 Å². The molecule has 2 heterocycles. The molecule has 0 saturated carbocycles. The number of rotatable bonds is 5. The Morgan fingerprint density at radius 2 is 1.93 bits per heavy atom. The minimum Gasteiger partial charge on any atom is -0.352 e. The molecule has 3 nitrogen and oxygen atoms in total. The van der Waals surface area contributed by atoms with Crippen molar-refractivity contribution >= 4 is 44.5 Å². The second kappa shape index (κ2) is 8.25. The maximum atomic E-state index is 13.3. The maximum Gasteiger partial charge on any atom is 0.253 e. The Bertz CT molecular complexity index is 1030. The summed E-state index contributed by atoms with van der Waals surface area (Å²) in [6.45, 7) is 1.44. The van der Waals surface area contributed by atoms with E-state index in [-0.39, 0.29) is 5.91 Å². The fourth-order valence-corrected chi connectivity index (χ4v) is 4.98. The number of hydrogen-bond acceptors (Lipinski definition) is 2. The molecule has 0 atom stereocenters. The third-order valence-corrected chi connectivity index (χ3v) is 6.42. The van der Waals surface area contributed by atoms with E-state index < -0.39 is 11.6 Å². The number of hydrogen-bond donors (Lipinski definition) is 1. The number of aryl methyl sites for hydroxylation is 1. The van der Waals surface area contributed by atoms with Gasteiger partial charge in [0.25, 0.3) is 5.91 Å². The first kappa shape index (κ1) is 19.5. The number of halogens is 3. The van der Waals surface area contributed by atoms with Crippen LogP contribution in [0.15, 0.2) is 45.8 Å². The summed E-state index contributed by atoms with van der Waals surface area (Å²) >= 11 is 4.95. The van der Waals surface area contributed by atoms with Crippen molar-refractivity contribution in [2.75, 3.05) is 12.3 Å². The standard InChI is InChI=1S/C21H19BrF2N2OS/c22-13-4-5-18-17(9-13)20-19(3-1-6-25-21(20)27)26(18)7-2-8-28-16-11-14(23)10-15(24)12-16/h4-5,9-12H,1-3,6-8H2,(H,25,27). The summed E-state index contributed by atoms with van der Waals surface area (Å²) < 4.78 is 29.8. The lowest BCUT2D eigenvalue weighted by atomic mass is 10.1. The normalized spacial score (nSPS) is 14.0. The van der Waals surface area contributed by atoms with Crippen LogP contribution in [-0.4, -0.2) is 22.8 Å². The smallest absolute Gasteiger partial charge is 0.253 e. The number of thioether (sulfide) groups is 1. The molecule has 1 amide bonds. The lowest BCUT2D eigenvalue weighted by Crippen LogP contribution is -2.22. The monoisotopic (exact) mass is 464 g/mol. The van der Waals surface area contributed by atoms with Crippen LogP contribution >= 0.6 is 27.7 Å². The first-order chi connectivity index (χ1) is 13.5. The molecule has 0 fully saturated rings. The Kier molecular flexibility index (Phi) is 5.73. The largest absolute Gasteiger partial charge is 0.352 e. The highest BCUT2D eigenvalue weighted by Gasteiger charge is 2.24. The van der Waals surface area contributed by atoms with Gasteiger partial charge < -0.3 is 9.88 Å². The van der Waals surface area contributed by atoms with Gasteiger partial charge in [-0.25, -0.2) is 8.78 Å². The molecule has 3 aromatic rings. The van der Waals surface area contributed by atoms with E-state index in [1.165, 1.54) is 23.9 Å². The van der Waals surface area contributed by atoms with E-state index in [9.17, 15) is 13.6 Å². The quantitative estimate of drug-likeness (QED) is 0.397. The Morgan fingerprint density at radius 3 is 2.71 bits per heavy atom. The Hall–Kier alpha value is -1.86. The lowest BCUT2D eigenvalue weighted by Gasteiger charge is -2.11. The highest BCUT2D eigenvalue weighted by Crippen LogP contribution is 2.31. The van der Waals surface area contributed by atoms with Gasteiger partial charge >= 0.3 is 0 Å². The molecule has 1 aliphatic heterocycles. The van der Waals surface area contributed by atoms with Crippen molar-refractivity contribution in [2.45, 2.75) is 30.7 Å². The number of aromatic nitrogens is 1. The van der Waals surface area contributed by atoms with Gasteiger partial charge in [-0.1, -0.05) is 15.9 Å². The van der Waals surface area contributed by atoms with Crippen LogP contribution in [0.25, 0.3) is 10.9 Å². The second-order valence-corrected chi connectivity index (χ2v) is 8.89. The van der Waals surface area contributed by atoms with Gasteiger partial charge in [0.15, 0.2) is 0 Å². The van der Waals surface area contributed by atoms with E-state index in [0.29, 0.717) is 11.4 Å². The van der Waals surface area contributed by atoms with Gasteiger partial charge in [0.05, 0.1) is 5.56 Å². The van der Waals surface area contributed by atoms with Gasteiger partial charge in [-0.05, 0) is 55.3 Å². The van der Waals surface area contributed by atoms with E-state index in [2.05, 4.69) is 25.8 Å². The fourth-order valence-electron chi connectivity index (χ4n) is 3.72. The number of carbonyl (C=O) groups is 1. The van der Waals surface area contributed by atoms with Gasteiger partial charge in [0.2, 0.25) is 0 Å². The average Bonchev–Trinajstić information content (AvgIpc) is 2.80. The molecule has 0 bridgehead atoms. The van der Waals surface area contributed by atoms with E-state index in [4.69, 9.17) is 0 Å². The lowest BCUT2D eigenvalue weighted by molar-refractivity contribution is 0.0957. The number of nitrogens with zero attached hydrogens (tertiary/aromatic N) is 1. The topological polar surface area (TPSA) is 34.0 Å². The first-order valence-corrected chi connectivity index (χ1v) is 11.0. The predicted molar refractivity (Wildman–Crippen MR) is 112 cm³/mol. The van der Waals surface area contributed by atoms with Crippen molar-refractivity contribution in [3.8, 4) is 0 Å². The van der Waals surface area contributed by atoms with Gasteiger partial charge in [-0.3, -0.25) is 4.79 Å². The molecule has 1 N–H and O–H groups in total. The Morgan fingerprint density at radius 1 is 1.14 bits per heavy atom. The van der Waals surface area contributed by atoms with Crippen LogP contribution in [0.5, 0.6) is 0 Å².